The van der Waals surface area contributed by atoms with Gasteiger partial charge < -0.3 is 10.2 Å². The van der Waals surface area contributed by atoms with Gasteiger partial charge in [0.1, 0.15) is 5.82 Å². The van der Waals surface area contributed by atoms with Crippen LogP contribution in [-0.4, -0.2) is 19.6 Å². The van der Waals surface area contributed by atoms with Gasteiger partial charge in [-0.05, 0) is 50.4 Å². The van der Waals surface area contributed by atoms with Gasteiger partial charge in [0.2, 0.25) is 0 Å². The summed E-state index contributed by atoms with van der Waals surface area (Å²) in [4.78, 5) is 2.21. The van der Waals surface area contributed by atoms with Gasteiger partial charge in [-0.25, -0.2) is 4.39 Å². The first-order valence-corrected chi connectivity index (χ1v) is 6.81. The number of piperidine rings is 1. The van der Waals surface area contributed by atoms with Crippen molar-refractivity contribution in [1.82, 2.24) is 5.32 Å². The van der Waals surface area contributed by atoms with Crippen LogP contribution in [0.1, 0.15) is 32.3 Å². The van der Waals surface area contributed by atoms with Crippen molar-refractivity contribution in [2.75, 3.05) is 18.5 Å². The lowest BCUT2D eigenvalue weighted by Crippen LogP contribution is -2.41. The molecule has 1 heterocycles. The van der Waals surface area contributed by atoms with Crippen molar-refractivity contribution in [2.24, 2.45) is 5.92 Å². The lowest BCUT2D eigenvalue weighted by atomic mass is 9.94. The van der Waals surface area contributed by atoms with E-state index in [0.717, 1.165) is 24.2 Å². The highest BCUT2D eigenvalue weighted by Gasteiger charge is 2.24. The minimum Gasteiger partial charge on any atom is -0.366 e. The number of halogens is 1. The number of nitrogens with zero attached hydrogens (tertiary/aromatic N) is 1. The predicted molar refractivity (Wildman–Crippen MR) is 74.4 cm³/mol. The molecule has 1 aromatic rings. The average molecular weight is 250 g/mol. The second-order valence-electron chi connectivity index (χ2n) is 5.50. The van der Waals surface area contributed by atoms with Crippen LogP contribution in [0, 0.1) is 11.7 Å². The van der Waals surface area contributed by atoms with Crippen molar-refractivity contribution < 1.29 is 4.39 Å². The molecule has 0 amide bonds. The number of rotatable bonds is 3. The van der Waals surface area contributed by atoms with Gasteiger partial charge in [0.15, 0.2) is 0 Å². The molecule has 18 heavy (non-hydrogen) atoms. The summed E-state index contributed by atoms with van der Waals surface area (Å²) >= 11 is 0. The van der Waals surface area contributed by atoms with Crippen molar-refractivity contribution in [2.45, 2.75) is 39.3 Å². The molecule has 2 atom stereocenters. The quantitative estimate of drug-likeness (QED) is 0.886. The Bertz CT molecular complexity index is 405. The summed E-state index contributed by atoms with van der Waals surface area (Å²) in [6.07, 6.45) is 2.40. The lowest BCUT2D eigenvalue weighted by Gasteiger charge is -2.38. The van der Waals surface area contributed by atoms with Crippen LogP contribution >= 0.6 is 0 Å². The second kappa shape index (κ2) is 5.70. The zero-order valence-electron chi connectivity index (χ0n) is 11.5. The molecular weight excluding hydrogens is 227 g/mol. The Hall–Kier alpha value is -1.09. The Morgan fingerprint density at radius 2 is 2.11 bits per heavy atom. The fourth-order valence-corrected chi connectivity index (χ4v) is 2.72. The molecule has 1 N–H and O–H groups in total. The van der Waals surface area contributed by atoms with Gasteiger partial charge in [0.05, 0.1) is 5.69 Å². The van der Waals surface area contributed by atoms with Crippen molar-refractivity contribution in [3.63, 3.8) is 0 Å². The minimum atomic E-state index is -0.0938. The van der Waals surface area contributed by atoms with Crippen LogP contribution in [0.5, 0.6) is 0 Å². The highest BCUT2D eigenvalue weighted by Crippen LogP contribution is 2.29. The minimum absolute atomic E-state index is 0.0938. The van der Waals surface area contributed by atoms with Crippen LogP contribution in [0.2, 0.25) is 0 Å². The van der Waals surface area contributed by atoms with Gasteiger partial charge in [-0.2, -0.15) is 0 Å². The molecule has 0 aromatic heterocycles. The first-order valence-electron chi connectivity index (χ1n) is 6.81. The van der Waals surface area contributed by atoms with E-state index in [1.165, 1.54) is 6.42 Å². The monoisotopic (exact) mass is 250 g/mol. The Kier molecular flexibility index (Phi) is 4.23. The smallest absolute Gasteiger partial charge is 0.146 e. The normalized spacial score (nSPS) is 24.3. The zero-order chi connectivity index (χ0) is 13.1. The SMILES string of the molecule is CNCc1ccc(N2CC(C)CCC2C)c(F)c1. The summed E-state index contributed by atoms with van der Waals surface area (Å²) in [7, 11) is 1.88. The van der Waals surface area contributed by atoms with Crippen molar-refractivity contribution in [3.8, 4) is 0 Å². The summed E-state index contributed by atoms with van der Waals surface area (Å²) in [5.41, 5.74) is 1.75. The second-order valence-corrected chi connectivity index (χ2v) is 5.50. The van der Waals surface area contributed by atoms with E-state index in [1.54, 1.807) is 6.07 Å². The summed E-state index contributed by atoms with van der Waals surface area (Å²) in [5.74, 6) is 0.557. The van der Waals surface area contributed by atoms with E-state index in [4.69, 9.17) is 0 Å². The molecule has 1 aliphatic rings. The third kappa shape index (κ3) is 2.83. The standard InChI is InChI=1S/C15H23FN2/c1-11-4-5-12(2)18(10-11)15-7-6-13(9-17-3)8-14(15)16/h6-8,11-12,17H,4-5,9-10H2,1-3H3. The number of nitrogens with one attached hydrogen (secondary N) is 1. The summed E-state index contributed by atoms with van der Waals surface area (Å²) < 4.78 is 14.2. The maximum atomic E-state index is 14.2. The molecule has 2 rings (SSSR count). The van der Waals surface area contributed by atoms with E-state index in [2.05, 4.69) is 24.1 Å². The van der Waals surface area contributed by atoms with E-state index in [-0.39, 0.29) is 5.82 Å². The molecule has 0 aliphatic carbocycles. The van der Waals surface area contributed by atoms with Crippen LogP contribution in [0.15, 0.2) is 18.2 Å². The van der Waals surface area contributed by atoms with E-state index in [1.807, 2.05) is 19.2 Å². The Morgan fingerprint density at radius 1 is 1.33 bits per heavy atom. The first-order chi connectivity index (χ1) is 8.61. The van der Waals surface area contributed by atoms with Crippen LogP contribution in [0.3, 0.4) is 0 Å². The lowest BCUT2D eigenvalue weighted by molar-refractivity contribution is 0.386. The third-order valence-corrected chi connectivity index (χ3v) is 3.82. The molecule has 2 unspecified atom stereocenters. The fourth-order valence-electron chi connectivity index (χ4n) is 2.72. The molecule has 0 radical (unpaired) electrons. The van der Waals surface area contributed by atoms with E-state index < -0.39 is 0 Å². The van der Waals surface area contributed by atoms with Gasteiger partial charge in [0, 0.05) is 19.1 Å². The summed E-state index contributed by atoms with van der Waals surface area (Å²) in [5, 5.41) is 3.05. The number of benzene rings is 1. The molecule has 1 fully saturated rings. The van der Waals surface area contributed by atoms with E-state index in [0.29, 0.717) is 18.5 Å². The summed E-state index contributed by atoms with van der Waals surface area (Å²) in [6, 6.07) is 6.03. The molecule has 1 aromatic carbocycles. The average Bonchev–Trinajstić information content (AvgIpc) is 2.33. The van der Waals surface area contributed by atoms with Gasteiger partial charge in [0.25, 0.3) is 0 Å². The molecule has 0 spiro atoms. The van der Waals surface area contributed by atoms with E-state index >= 15 is 0 Å². The molecule has 100 valence electrons. The van der Waals surface area contributed by atoms with Crippen LogP contribution in [0.4, 0.5) is 10.1 Å². The highest BCUT2D eigenvalue weighted by molar-refractivity contribution is 5.50. The third-order valence-electron chi connectivity index (χ3n) is 3.82. The maximum absolute atomic E-state index is 14.2. The zero-order valence-corrected chi connectivity index (χ0v) is 11.5. The van der Waals surface area contributed by atoms with Crippen LogP contribution < -0.4 is 10.2 Å². The van der Waals surface area contributed by atoms with Crippen LogP contribution in [0.25, 0.3) is 0 Å². The maximum Gasteiger partial charge on any atom is 0.146 e. The molecule has 2 nitrogen and oxygen atoms in total. The van der Waals surface area contributed by atoms with Crippen molar-refractivity contribution >= 4 is 5.69 Å². The van der Waals surface area contributed by atoms with Crippen LogP contribution in [-0.2, 0) is 6.54 Å². The van der Waals surface area contributed by atoms with Gasteiger partial charge in [-0.15, -0.1) is 0 Å². The van der Waals surface area contributed by atoms with Gasteiger partial charge in [-0.1, -0.05) is 13.0 Å². The van der Waals surface area contributed by atoms with Crippen molar-refractivity contribution in [1.29, 1.82) is 0 Å². The first kappa shape index (κ1) is 13.3. The molecule has 3 heteroatoms. The summed E-state index contributed by atoms with van der Waals surface area (Å²) in [6.45, 7) is 6.10. The van der Waals surface area contributed by atoms with E-state index in [9.17, 15) is 4.39 Å². The molecule has 1 saturated heterocycles. The predicted octanol–water partition coefficient (Wildman–Crippen LogP) is 3.17. The number of anilines is 1. The number of hydrogen-bond donors (Lipinski definition) is 1. The highest BCUT2D eigenvalue weighted by atomic mass is 19.1. The Morgan fingerprint density at radius 3 is 2.78 bits per heavy atom. The fraction of sp³-hybridized carbons (Fsp3) is 0.600. The number of hydrogen-bond acceptors (Lipinski definition) is 2. The Labute approximate surface area is 109 Å². The topological polar surface area (TPSA) is 15.3 Å². The molecule has 0 saturated carbocycles. The van der Waals surface area contributed by atoms with Gasteiger partial charge in [-0.3, -0.25) is 0 Å². The van der Waals surface area contributed by atoms with Crippen molar-refractivity contribution in [3.05, 3.63) is 29.6 Å². The van der Waals surface area contributed by atoms with Gasteiger partial charge >= 0.3 is 0 Å². The molecular formula is C15H23FN2. The molecule has 0 bridgehead atoms. The molecule has 1 aliphatic heterocycles. The Balaban J connectivity index is 2.21. The largest absolute Gasteiger partial charge is 0.366 e.